The Morgan fingerprint density at radius 1 is 0.962 bits per heavy atom. The highest BCUT2D eigenvalue weighted by molar-refractivity contribution is 6.01. The van der Waals surface area contributed by atoms with Crippen molar-refractivity contribution in [3.05, 3.63) is 95.8 Å². The summed E-state index contributed by atoms with van der Waals surface area (Å²) in [6.07, 6.45) is 7.71. The highest BCUT2D eigenvalue weighted by atomic mass is 16.5. The van der Waals surface area contributed by atoms with E-state index in [2.05, 4.69) is 10.3 Å². The van der Waals surface area contributed by atoms with Crippen LogP contribution in [0.25, 0.3) is 6.08 Å². The molecule has 0 aliphatic rings. The summed E-state index contributed by atoms with van der Waals surface area (Å²) in [7, 11) is 1.63. The molecule has 130 valence electrons. The van der Waals surface area contributed by atoms with Gasteiger partial charge in [-0.25, -0.2) is 0 Å². The lowest BCUT2D eigenvalue weighted by atomic mass is 10.1. The maximum absolute atomic E-state index is 12.1. The van der Waals surface area contributed by atoms with E-state index in [1.807, 2.05) is 60.7 Å². The molecular weight excluding hydrogens is 324 g/mol. The van der Waals surface area contributed by atoms with Crippen molar-refractivity contribution in [1.82, 2.24) is 4.98 Å². The van der Waals surface area contributed by atoms with E-state index in [1.54, 1.807) is 25.6 Å². The molecule has 4 nitrogen and oxygen atoms in total. The Hall–Kier alpha value is -3.40. The second kappa shape index (κ2) is 8.62. The molecule has 0 fully saturated rings. The van der Waals surface area contributed by atoms with E-state index in [0.29, 0.717) is 0 Å². The lowest BCUT2D eigenvalue weighted by Crippen LogP contribution is -2.07. The van der Waals surface area contributed by atoms with E-state index >= 15 is 0 Å². The summed E-state index contributed by atoms with van der Waals surface area (Å²) in [5, 5.41) is 2.87. The molecule has 0 unspecified atom stereocenters. The lowest BCUT2D eigenvalue weighted by Gasteiger charge is -2.05. The van der Waals surface area contributed by atoms with Crippen LogP contribution in [-0.2, 0) is 11.2 Å². The number of nitrogens with zero attached hydrogens (tertiary/aromatic N) is 1. The fraction of sp³-hybridized carbons (Fsp3) is 0.0909. The Bertz CT molecular complexity index is 870. The minimum atomic E-state index is -0.164. The Kier molecular flexibility index (Phi) is 5.78. The fourth-order valence-electron chi connectivity index (χ4n) is 2.51. The summed E-state index contributed by atoms with van der Waals surface area (Å²) in [6, 6.07) is 19.4. The molecule has 0 saturated carbocycles. The summed E-state index contributed by atoms with van der Waals surface area (Å²) in [6.45, 7) is 0. The summed E-state index contributed by atoms with van der Waals surface area (Å²) in [5.41, 5.74) is 4.10. The quantitative estimate of drug-likeness (QED) is 0.677. The fourth-order valence-corrected chi connectivity index (χ4v) is 2.51. The van der Waals surface area contributed by atoms with Gasteiger partial charge in [0.25, 0.3) is 0 Å². The number of ether oxygens (including phenoxy) is 1. The predicted octanol–water partition coefficient (Wildman–Crippen LogP) is 4.33. The van der Waals surface area contributed by atoms with Gasteiger partial charge in [-0.1, -0.05) is 24.3 Å². The monoisotopic (exact) mass is 344 g/mol. The van der Waals surface area contributed by atoms with Crippen LogP contribution in [0.5, 0.6) is 5.75 Å². The molecule has 2 aromatic carbocycles. The van der Waals surface area contributed by atoms with Crippen molar-refractivity contribution in [2.75, 3.05) is 12.4 Å². The molecule has 0 atom stereocenters. The zero-order chi connectivity index (χ0) is 18.2. The van der Waals surface area contributed by atoms with Gasteiger partial charge in [-0.05, 0) is 65.6 Å². The highest BCUT2D eigenvalue weighted by Gasteiger charge is 2.00. The van der Waals surface area contributed by atoms with Gasteiger partial charge in [0.2, 0.25) is 5.91 Å². The van der Waals surface area contributed by atoms with Crippen molar-refractivity contribution in [3.63, 3.8) is 0 Å². The second-order valence-corrected chi connectivity index (χ2v) is 5.82. The number of methoxy groups -OCH3 is 1. The first-order valence-electron chi connectivity index (χ1n) is 8.34. The second-order valence-electron chi connectivity index (χ2n) is 5.82. The van der Waals surface area contributed by atoms with Crippen molar-refractivity contribution >= 4 is 17.7 Å². The maximum atomic E-state index is 12.1. The summed E-state index contributed by atoms with van der Waals surface area (Å²) in [5.74, 6) is 0.626. The van der Waals surface area contributed by atoms with Crippen molar-refractivity contribution in [2.24, 2.45) is 0 Å². The number of hydrogen-bond acceptors (Lipinski definition) is 3. The standard InChI is InChI=1S/C22H20N2O2/c1-26-21-9-4-17(5-10-21)6-11-22(25)24-20-7-2-18(3-8-20)16-19-12-14-23-15-13-19/h2-15H,16H2,1H3,(H,24,25). The van der Waals surface area contributed by atoms with Crippen LogP contribution in [0, 0.1) is 0 Å². The van der Waals surface area contributed by atoms with E-state index in [-0.39, 0.29) is 5.91 Å². The van der Waals surface area contributed by atoms with Gasteiger partial charge in [-0.3, -0.25) is 9.78 Å². The molecule has 1 aromatic heterocycles. The summed E-state index contributed by atoms with van der Waals surface area (Å²) in [4.78, 5) is 16.1. The first-order valence-corrected chi connectivity index (χ1v) is 8.34. The number of hydrogen-bond donors (Lipinski definition) is 1. The number of pyridine rings is 1. The van der Waals surface area contributed by atoms with Gasteiger partial charge in [-0.15, -0.1) is 0 Å². The van der Waals surface area contributed by atoms with Crippen molar-refractivity contribution in [2.45, 2.75) is 6.42 Å². The van der Waals surface area contributed by atoms with E-state index in [0.717, 1.165) is 23.4 Å². The van der Waals surface area contributed by atoms with E-state index in [1.165, 1.54) is 17.2 Å². The number of aromatic nitrogens is 1. The number of rotatable bonds is 6. The zero-order valence-corrected chi connectivity index (χ0v) is 14.6. The van der Waals surface area contributed by atoms with E-state index in [9.17, 15) is 4.79 Å². The molecule has 0 bridgehead atoms. The average molecular weight is 344 g/mol. The van der Waals surface area contributed by atoms with Crippen molar-refractivity contribution in [1.29, 1.82) is 0 Å². The van der Waals surface area contributed by atoms with Crippen LogP contribution >= 0.6 is 0 Å². The third-order valence-electron chi connectivity index (χ3n) is 3.92. The van der Waals surface area contributed by atoms with Gasteiger partial charge in [-0.2, -0.15) is 0 Å². The predicted molar refractivity (Wildman–Crippen MR) is 104 cm³/mol. The van der Waals surface area contributed by atoms with Crippen LogP contribution in [0.3, 0.4) is 0 Å². The molecule has 0 aliphatic heterocycles. The van der Waals surface area contributed by atoms with E-state index in [4.69, 9.17) is 4.74 Å². The number of nitrogens with one attached hydrogen (secondary N) is 1. The van der Waals surface area contributed by atoms with Gasteiger partial charge in [0.1, 0.15) is 5.75 Å². The Morgan fingerprint density at radius 3 is 2.27 bits per heavy atom. The molecule has 3 rings (SSSR count). The molecule has 1 heterocycles. The minimum absolute atomic E-state index is 0.164. The summed E-state index contributed by atoms with van der Waals surface area (Å²) < 4.78 is 5.11. The normalized spacial score (nSPS) is 10.7. The number of anilines is 1. The van der Waals surface area contributed by atoms with Gasteiger partial charge in [0.05, 0.1) is 7.11 Å². The molecule has 0 spiro atoms. The smallest absolute Gasteiger partial charge is 0.248 e. The van der Waals surface area contributed by atoms with Crippen molar-refractivity contribution in [3.8, 4) is 5.75 Å². The molecular formula is C22H20N2O2. The number of benzene rings is 2. The molecule has 0 saturated heterocycles. The molecule has 0 aliphatic carbocycles. The SMILES string of the molecule is COc1ccc(C=CC(=O)Nc2ccc(Cc3ccncc3)cc2)cc1. The van der Waals surface area contributed by atoms with Crippen LogP contribution in [0.4, 0.5) is 5.69 Å². The number of carbonyl (C=O) groups excluding carboxylic acids is 1. The zero-order valence-electron chi connectivity index (χ0n) is 14.6. The average Bonchev–Trinajstić information content (AvgIpc) is 2.69. The molecule has 4 heteroatoms. The van der Waals surface area contributed by atoms with Crippen LogP contribution in [0.2, 0.25) is 0 Å². The lowest BCUT2D eigenvalue weighted by molar-refractivity contribution is -0.111. The van der Waals surface area contributed by atoms with Gasteiger partial charge in [0.15, 0.2) is 0 Å². The summed E-state index contributed by atoms with van der Waals surface area (Å²) >= 11 is 0. The third kappa shape index (κ3) is 5.05. The molecule has 1 N–H and O–H groups in total. The highest BCUT2D eigenvalue weighted by Crippen LogP contribution is 2.14. The Balaban J connectivity index is 1.56. The van der Waals surface area contributed by atoms with Crippen LogP contribution in [0.15, 0.2) is 79.1 Å². The first-order chi connectivity index (χ1) is 12.7. The van der Waals surface area contributed by atoms with Crippen molar-refractivity contribution < 1.29 is 9.53 Å². The molecule has 3 aromatic rings. The van der Waals surface area contributed by atoms with E-state index < -0.39 is 0 Å². The maximum Gasteiger partial charge on any atom is 0.248 e. The topological polar surface area (TPSA) is 51.2 Å². The number of carbonyl (C=O) groups is 1. The minimum Gasteiger partial charge on any atom is -0.497 e. The molecule has 26 heavy (non-hydrogen) atoms. The van der Waals surface area contributed by atoms with Gasteiger partial charge >= 0.3 is 0 Å². The largest absolute Gasteiger partial charge is 0.497 e. The number of amides is 1. The Labute approximate surface area is 153 Å². The first kappa shape index (κ1) is 17.4. The molecule has 1 amide bonds. The van der Waals surface area contributed by atoms with Gasteiger partial charge < -0.3 is 10.1 Å². The van der Waals surface area contributed by atoms with Crippen LogP contribution in [0.1, 0.15) is 16.7 Å². The van der Waals surface area contributed by atoms with Gasteiger partial charge in [0, 0.05) is 24.2 Å². The Morgan fingerprint density at radius 2 is 1.62 bits per heavy atom. The van der Waals surface area contributed by atoms with Crippen LogP contribution < -0.4 is 10.1 Å². The van der Waals surface area contributed by atoms with Crippen LogP contribution in [-0.4, -0.2) is 18.0 Å². The third-order valence-corrected chi connectivity index (χ3v) is 3.92. The molecule has 0 radical (unpaired) electrons.